The summed E-state index contributed by atoms with van der Waals surface area (Å²) in [6, 6.07) is 3.35. The molecule has 0 bridgehead atoms. The summed E-state index contributed by atoms with van der Waals surface area (Å²) >= 11 is 5.64. The van der Waals surface area contributed by atoms with E-state index in [1.54, 1.807) is 12.1 Å². The van der Waals surface area contributed by atoms with Gasteiger partial charge < -0.3 is 14.3 Å². The Balaban J connectivity index is 2.27. The van der Waals surface area contributed by atoms with Crippen molar-refractivity contribution in [2.75, 3.05) is 7.05 Å². The average Bonchev–Trinajstić information content (AvgIpc) is 2.84. The molecule has 1 N–H and O–H groups in total. The summed E-state index contributed by atoms with van der Waals surface area (Å²) in [4.78, 5) is 4.17. The van der Waals surface area contributed by atoms with Gasteiger partial charge in [0.1, 0.15) is 0 Å². The Hall–Kier alpha value is -1.33. The lowest BCUT2D eigenvalue weighted by Crippen LogP contribution is -2.13. The molecule has 2 aromatic heterocycles. The van der Waals surface area contributed by atoms with Crippen LogP contribution in [0.1, 0.15) is 18.8 Å². The molecule has 2 rings (SSSR count). The fraction of sp³-hybridized carbons (Fsp3) is 0.333. The van der Waals surface area contributed by atoms with Gasteiger partial charge in [0.05, 0.1) is 6.04 Å². The van der Waals surface area contributed by atoms with Crippen molar-refractivity contribution in [2.45, 2.75) is 13.0 Å². The third-order valence-corrected chi connectivity index (χ3v) is 2.25. The third-order valence-electron chi connectivity index (χ3n) is 2.05. The minimum atomic E-state index is 0.0351. The highest BCUT2D eigenvalue weighted by Crippen LogP contribution is 2.23. The number of nitrogens with zero attached hydrogens (tertiary/aromatic N) is 2. The number of rotatable bonds is 3. The summed E-state index contributed by atoms with van der Waals surface area (Å²) in [5.41, 5.74) is 0. The zero-order valence-electron chi connectivity index (χ0n) is 8.32. The average molecular weight is 228 g/mol. The summed E-state index contributed by atoms with van der Waals surface area (Å²) in [7, 11) is 1.82. The van der Waals surface area contributed by atoms with Crippen molar-refractivity contribution in [3.63, 3.8) is 0 Å². The van der Waals surface area contributed by atoms with Crippen molar-refractivity contribution in [3.05, 3.63) is 23.2 Å². The Labute approximate surface area is 91.4 Å². The Kier molecular flexibility index (Phi) is 2.75. The van der Waals surface area contributed by atoms with E-state index in [1.807, 2.05) is 14.0 Å². The predicted molar refractivity (Wildman–Crippen MR) is 54.5 cm³/mol. The molecule has 0 aliphatic rings. The van der Waals surface area contributed by atoms with E-state index >= 15 is 0 Å². The fourth-order valence-electron chi connectivity index (χ4n) is 1.07. The number of hydrogen-bond donors (Lipinski definition) is 1. The van der Waals surface area contributed by atoms with Gasteiger partial charge in [0.15, 0.2) is 16.8 Å². The zero-order chi connectivity index (χ0) is 10.8. The first kappa shape index (κ1) is 10.2. The first-order valence-corrected chi connectivity index (χ1v) is 4.85. The maximum Gasteiger partial charge on any atom is 0.293 e. The molecule has 0 fully saturated rings. The molecule has 5 nitrogen and oxygen atoms in total. The lowest BCUT2D eigenvalue weighted by atomic mass is 10.3. The van der Waals surface area contributed by atoms with E-state index in [0.29, 0.717) is 22.7 Å². The van der Waals surface area contributed by atoms with E-state index in [1.165, 1.54) is 0 Å². The quantitative estimate of drug-likeness (QED) is 0.872. The van der Waals surface area contributed by atoms with Gasteiger partial charge in [-0.15, -0.1) is 0 Å². The van der Waals surface area contributed by atoms with Crippen LogP contribution in [0.5, 0.6) is 0 Å². The second-order valence-electron chi connectivity index (χ2n) is 3.07. The second kappa shape index (κ2) is 4.04. The van der Waals surface area contributed by atoms with Gasteiger partial charge >= 0.3 is 0 Å². The molecule has 0 aromatic carbocycles. The molecule has 0 spiro atoms. The van der Waals surface area contributed by atoms with E-state index in [9.17, 15) is 0 Å². The van der Waals surface area contributed by atoms with Crippen LogP contribution in [0.3, 0.4) is 0 Å². The van der Waals surface area contributed by atoms with Gasteiger partial charge in [0.2, 0.25) is 0 Å². The Bertz CT molecular complexity index is 452. The minimum Gasteiger partial charge on any atom is -0.440 e. The summed E-state index contributed by atoms with van der Waals surface area (Å²) in [6.07, 6.45) is 0. The van der Waals surface area contributed by atoms with Crippen LogP contribution in [-0.4, -0.2) is 17.2 Å². The molecule has 0 saturated carbocycles. The van der Waals surface area contributed by atoms with Crippen LogP contribution in [0, 0.1) is 0 Å². The van der Waals surface area contributed by atoms with Crippen molar-refractivity contribution in [2.24, 2.45) is 0 Å². The summed E-state index contributed by atoms with van der Waals surface area (Å²) in [5.74, 6) is 1.39. The molecule has 0 aliphatic carbocycles. The summed E-state index contributed by atoms with van der Waals surface area (Å²) in [6.45, 7) is 1.93. The zero-order valence-corrected chi connectivity index (χ0v) is 9.08. The summed E-state index contributed by atoms with van der Waals surface area (Å²) in [5, 5.41) is 7.13. The van der Waals surface area contributed by atoms with Crippen molar-refractivity contribution in [1.82, 2.24) is 15.5 Å². The van der Waals surface area contributed by atoms with Crippen molar-refractivity contribution < 1.29 is 8.94 Å². The number of hydrogen-bond acceptors (Lipinski definition) is 5. The maximum atomic E-state index is 5.64. The largest absolute Gasteiger partial charge is 0.440 e. The molecular formula is C9H10ClN3O2. The highest BCUT2D eigenvalue weighted by Gasteiger charge is 2.15. The fourth-order valence-corrected chi connectivity index (χ4v) is 1.22. The normalized spacial score (nSPS) is 13.0. The third kappa shape index (κ3) is 2.03. The highest BCUT2D eigenvalue weighted by molar-refractivity contribution is 6.28. The predicted octanol–water partition coefficient (Wildman–Crippen LogP) is 2.26. The molecule has 1 atom stereocenters. The van der Waals surface area contributed by atoms with Gasteiger partial charge in [-0.25, -0.2) is 0 Å². The molecule has 1 unspecified atom stereocenters. The van der Waals surface area contributed by atoms with Crippen LogP contribution < -0.4 is 5.32 Å². The van der Waals surface area contributed by atoms with Crippen LogP contribution in [0.15, 0.2) is 21.1 Å². The molecule has 0 radical (unpaired) electrons. The Morgan fingerprint density at radius 2 is 2.27 bits per heavy atom. The second-order valence-corrected chi connectivity index (χ2v) is 3.44. The maximum absolute atomic E-state index is 5.64. The van der Waals surface area contributed by atoms with Gasteiger partial charge in [0.25, 0.3) is 5.89 Å². The molecule has 0 aliphatic heterocycles. The van der Waals surface area contributed by atoms with Gasteiger partial charge in [-0.05, 0) is 37.7 Å². The molecule has 0 saturated heterocycles. The molecular weight excluding hydrogens is 218 g/mol. The van der Waals surface area contributed by atoms with Gasteiger partial charge in [-0.2, -0.15) is 4.98 Å². The standard InChI is InChI=1S/C9H10ClN3O2/c1-5(11-2)8-12-9(15-13-8)6-3-4-7(10)14-6/h3-5,11H,1-2H3. The van der Waals surface area contributed by atoms with Crippen molar-refractivity contribution in [3.8, 4) is 11.7 Å². The molecule has 80 valence electrons. The van der Waals surface area contributed by atoms with Crippen LogP contribution >= 0.6 is 11.6 Å². The number of furan rings is 1. The molecule has 0 amide bonds. The minimum absolute atomic E-state index is 0.0351. The van der Waals surface area contributed by atoms with Crippen LogP contribution in [0.4, 0.5) is 0 Å². The lowest BCUT2D eigenvalue weighted by molar-refractivity contribution is 0.402. The van der Waals surface area contributed by atoms with E-state index in [4.69, 9.17) is 20.5 Å². The first-order valence-electron chi connectivity index (χ1n) is 4.47. The van der Waals surface area contributed by atoms with E-state index in [0.717, 1.165) is 0 Å². The Morgan fingerprint density at radius 1 is 1.47 bits per heavy atom. The highest BCUT2D eigenvalue weighted by atomic mass is 35.5. The summed E-state index contributed by atoms with van der Waals surface area (Å²) < 4.78 is 10.2. The lowest BCUT2D eigenvalue weighted by Gasteiger charge is -2.01. The topological polar surface area (TPSA) is 64.1 Å². The SMILES string of the molecule is CNC(C)c1noc(-c2ccc(Cl)o2)n1. The Morgan fingerprint density at radius 3 is 2.87 bits per heavy atom. The number of aromatic nitrogens is 2. The molecule has 2 heterocycles. The number of halogens is 1. The van der Waals surface area contributed by atoms with Gasteiger partial charge in [-0.3, -0.25) is 0 Å². The van der Waals surface area contributed by atoms with E-state index in [2.05, 4.69) is 15.5 Å². The monoisotopic (exact) mass is 227 g/mol. The van der Waals surface area contributed by atoms with E-state index in [-0.39, 0.29) is 6.04 Å². The van der Waals surface area contributed by atoms with E-state index < -0.39 is 0 Å². The van der Waals surface area contributed by atoms with Gasteiger partial charge in [-0.1, -0.05) is 5.16 Å². The van der Waals surface area contributed by atoms with Crippen molar-refractivity contribution in [1.29, 1.82) is 0 Å². The molecule has 6 heteroatoms. The van der Waals surface area contributed by atoms with Crippen LogP contribution in [0.25, 0.3) is 11.7 Å². The number of nitrogens with one attached hydrogen (secondary N) is 1. The molecule has 2 aromatic rings. The van der Waals surface area contributed by atoms with Gasteiger partial charge in [0, 0.05) is 0 Å². The first-order chi connectivity index (χ1) is 7.20. The van der Waals surface area contributed by atoms with Crippen LogP contribution in [-0.2, 0) is 0 Å². The van der Waals surface area contributed by atoms with Crippen molar-refractivity contribution >= 4 is 11.6 Å². The van der Waals surface area contributed by atoms with Crippen LogP contribution in [0.2, 0.25) is 5.22 Å². The molecule has 15 heavy (non-hydrogen) atoms. The smallest absolute Gasteiger partial charge is 0.293 e.